The van der Waals surface area contributed by atoms with Gasteiger partial charge in [0, 0.05) is 5.69 Å². The fraction of sp³-hybridized carbons (Fsp3) is 0.316. The Balaban J connectivity index is 1.67. The zero-order valence-electron chi connectivity index (χ0n) is 15.1. The van der Waals surface area contributed by atoms with Crippen LogP contribution in [0.25, 0.3) is 0 Å². The number of nitrogens with one attached hydrogen (secondary N) is 2. The number of carbonyl (C=O) groups is 2. The molecule has 27 heavy (non-hydrogen) atoms. The van der Waals surface area contributed by atoms with E-state index in [1.54, 1.807) is 38.1 Å². The van der Waals surface area contributed by atoms with Gasteiger partial charge >= 0.3 is 0 Å². The lowest BCUT2D eigenvalue weighted by Crippen LogP contribution is -2.30. The predicted molar refractivity (Wildman–Crippen MR) is 112 cm³/mol. The second-order valence-corrected chi connectivity index (χ2v) is 10.6. The number of carbonyl (C=O) groups excluding carboxylic acids is 2. The maximum absolute atomic E-state index is 12.3. The quantitative estimate of drug-likeness (QED) is 0.361. The minimum atomic E-state index is -0.534. The van der Waals surface area contributed by atoms with Gasteiger partial charge in [-0.05, 0) is 57.0 Å². The van der Waals surface area contributed by atoms with Crippen LogP contribution in [0.1, 0.15) is 42.1 Å². The Kier molecular flexibility index (Phi) is 5.31. The van der Waals surface area contributed by atoms with Gasteiger partial charge in [-0.15, -0.1) is 0 Å². The van der Waals surface area contributed by atoms with E-state index in [2.05, 4.69) is 47.7 Å². The normalized spacial score (nSPS) is 20.9. The standard InChI is InChI=1S/C19H19Br2N3O3/c1-11-7-8-15(27-11)16(25)22-14-6-4-5-13(9-14)12(2)23-24-17(26)18(3)10-19(18,20)21/h4-9H,10H2,1-3H3,(H,22,25)(H,24,26)/b23-12-/t18-/m0/s1. The minimum absolute atomic E-state index is 0.159. The summed E-state index contributed by atoms with van der Waals surface area (Å²) in [6, 6.07) is 10.6. The first-order valence-electron chi connectivity index (χ1n) is 8.33. The Morgan fingerprint density at radius 1 is 1.22 bits per heavy atom. The van der Waals surface area contributed by atoms with Crippen molar-refractivity contribution in [3.63, 3.8) is 0 Å². The fourth-order valence-corrected chi connectivity index (χ4v) is 4.02. The van der Waals surface area contributed by atoms with E-state index in [1.165, 1.54) is 0 Å². The molecule has 2 amide bonds. The van der Waals surface area contributed by atoms with Crippen LogP contribution < -0.4 is 10.7 Å². The fourth-order valence-electron chi connectivity index (χ4n) is 2.54. The van der Waals surface area contributed by atoms with Gasteiger partial charge in [0.25, 0.3) is 5.91 Å². The van der Waals surface area contributed by atoms with Crippen LogP contribution in [-0.4, -0.2) is 20.8 Å². The highest BCUT2D eigenvalue weighted by Crippen LogP contribution is 2.66. The lowest BCUT2D eigenvalue weighted by Gasteiger charge is -2.11. The molecule has 6 nitrogen and oxygen atoms in total. The highest BCUT2D eigenvalue weighted by atomic mass is 79.9. The molecule has 1 fully saturated rings. The summed E-state index contributed by atoms with van der Waals surface area (Å²) in [5.41, 5.74) is 4.11. The first-order chi connectivity index (χ1) is 12.6. The Bertz CT molecular complexity index is 936. The van der Waals surface area contributed by atoms with Crippen molar-refractivity contribution in [2.45, 2.75) is 30.4 Å². The average Bonchev–Trinajstić information content (AvgIpc) is 2.94. The molecule has 2 N–H and O–H groups in total. The molecule has 2 aromatic rings. The molecule has 8 heteroatoms. The van der Waals surface area contributed by atoms with E-state index in [4.69, 9.17) is 4.42 Å². The van der Waals surface area contributed by atoms with Crippen molar-refractivity contribution in [3.8, 4) is 0 Å². The number of amides is 2. The number of hydrogen-bond donors (Lipinski definition) is 2. The lowest BCUT2D eigenvalue weighted by atomic mass is 10.1. The van der Waals surface area contributed by atoms with Crippen molar-refractivity contribution in [1.29, 1.82) is 0 Å². The predicted octanol–water partition coefficient (Wildman–Crippen LogP) is 4.58. The molecule has 142 valence electrons. The Hall–Kier alpha value is -1.93. The molecule has 0 aliphatic heterocycles. The van der Waals surface area contributed by atoms with E-state index in [0.717, 1.165) is 5.56 Å². The Morgan fingerprint density at radius 2 is 1.93 bits per heavy atom. The van der Waals surface area contributed by atoms with Crippen LogP contribution in [0.4, 0.5) is 5.69 Å². The first-order valence-corrected chi connectivity index (χ1v) is 9.92. The maximum Gasteiger partial charge on any atom is 0.291 e. The van der Waals surface area contributed by atoms with Crippen LogP contribution in [0.3, 0.4) is 0 Å². The number of nitrogens with zero attached hydrogens (tertiary/aromatic N) is 1. The molecule has 0 spiro atoms. The van der Waals surface area contributed by atoms with E-state index in [0.29, 0.717) is 23.6 Å². The largest absolute Gasteiger partial charge is 0.456 e. The smallest absolute Gasteiger partial charge is 0.291 e. The van der Waals surface area contributed by atoms with Gasteiger partial charge in [-0.1, -0.05) is 44.0 Å². The van der Waals surface area contributed by atoms with Crippen molar-refractivity contribution in [1.82, 2.24) is 5.43 Å². The van der Waals surface area contributed by atoms with Gasteiger partial charge in [-0.2, -0.15) is 5.10 Å². The van der Waals surface area contributed by atoms with Gasteiger partial charge in [-0.25, -0.2) is 5.43 Å². The average molecular weight is 497 g/mol. The van der Waals surface area contributed by atoms with Crippen molar-refractivity contribution < 1.29 is 14.0 Å². The highest BCUT2D eigenvalue weighted by Gasteiger charge is 2.66. The molecule has 0 bridgehead atoms. The Labute approximate surface area is 174 Å². The highest BCUT2D eigenvalue weighted by molar-refractivity contribution is 9.25. The molecule has 3 rings (SSSR count). The zero-order valence-corrected chi connectivity index (χ0v) is 18.3. The summed E-state index contributed by atoms with van der Waals surface area (Å²) in [7, 11) is 0. The van der Waals surface area contributed by atoms with E-state index < -0.39 is 5.41 Å². The van der Waals surface area contributed by atoms with Crippen molar-refractivity contribution in [2.75, 3.05) is 5.32 Å². The van der Waals surface area contributed by atoms with Crippen molar-refractivity contribution in [3.05, 3.63) is 53.5 Å². The summed E-state index contributed by atoms with van der Waals surface area (Å²) in [6.07, 6.45) is 0.689. The number of furan rings is 1. The van der Waals surface area contributed by atoms with E-state index in [1.807, 2.05) is 19.1 Å². The minimum Gasteiger partial charge on any atom is -0.456 e. The monoisotopic (exact) mass is 495 g/mol. The zero-order chi connectivity index (χ0) is 19.8. The summed E-state index contributed by atoms with van der Waals surface area (Å²) in [5, 5.41) is 6.98. The number of aryl methyl sites for hydroxylation is 1. The number of hydrogen-bond acceptors (Lipinski definition) is 4. The van der Waals surface area contributed by atoms with E-state index >= 15 is 0 Å². The van der Waals surface area contributed by atoms with Gasteiger partial charge in [0.15, 0.2) is 5.76 Å². The van der Waals surface area contributed by atoms with Crippen LogP contribution >= 0.6 is 31.9 Å². The molecular formula is C19H19Br2N3O3. The Morgan fingerprint density at radius 3 is 2.52 bits per heavy atom. The third-order valence-electron chi connectivity index (χ3n) is 4.59. The van der Waals surface area contributed by atoms with Gasteiger partial charge in [-0.3, -0.25) is 9.59 Å². The van der Waals surface area contributed by atoms with E-state index in [-0.39, 0.29) is 20.8 Å². The van der Waals surface area contributed by atoms with Crippen LogP contribution in [0.5, 0.6) is 0 Å². The van der Waals surface area contributed by atoms with Crippen LogP contribution in [0.2, 0.25) is 0 Å². The molecule has 0 unspecified atom stereocenters. The summed E-state index contributed by atoms with van der Waals surface area (Å²) in [5.74, 6) is 0.443. The number of rotatable bonds is 5. The van der Waals surface area contributed by atoms with E-state index in [9.17, 15) is 9.59 Å². The molecule has 1 saturated carbocycles. The van der Waals surface area contributed by atoms with Crippen molar-refractivity contribution in [2.24, 2.45) is 10.5 Å². The van der Waals surface area contributed by atoms with Crippen LogP contribution in [-0.2, 0) is 4.79 Å². The third kappa shape index (κ3) is 4.16. The molecular weight excluding hydrogens is 478 g/mol. The number of alkyl halides is 2. The summed E-state index contributed by atoms with van der Waals surface area (Å²) >= 11 is 6.95. The number of halogens is 2. The SMILES string of the molecule is C/C(=N/NC(=O)[C@]1(C)CC1(Br)Br)c1cccc(NC(=O)c2ccc(C)o2)c1. The van der Waals surface area contributed by atoms with Crippen molar-refractivity contribution >= 4 is 55.1 Å². The molecule has 1 aromatic carbocycles. The maximum atomic E-state index is 12.3. The number of benzene rings is 1. The summed E-state index contributed by atoms with van der Waals surface area (Å²) in [4.78, 5) is 24.5. The third-order valence-corrected chi connectivity index (χ3v) is 6.90. The molecule has 0 saturated heterocycles. The number of anilines is 1. The number of hydrazone groups is 1. The first kappa shape index (κ1) is 19.8. The van der Waals surface area contributed by atoms with Crippen LogP contribution in [0.15, 0.2) is 45.9 Å². The summed E-state index contributed by atoms with van der Waals surface area (Å²) in [6.45, 7) is 5.44. The molecule has 1 aliphatic carbocycles. The molecule has 0 radical (unpaired) electrons. The van der Waals surface area contributed by atoms with Gasteiger partial charge < -0.3 is 9.73 Å². The second kappa shape index (κ2) is 7.24. The molecule has 1 atom stereocenters. The molecule has 1 heterocycles. The van der Waals surface area contributed by atoms with Gasteiger partial charge in [0.2, 0.25) is 5.91 Å². The van der Waals surface area contributed by atoms with Crippen LogP contribution in [0, 0.1) is 12.3 Å². The van der Waals surface area contributed by atoms with Gasteiger partial charge in [0.05, 0.1) is 14.4 Å². The molecule has 1 aliphatic rings. The molecule has 1 aromatic heterocycles. The second-order valence-electron chi connectivity index (χ2n) is 6.80. The van der Waals surface area contributed by atoms with Gasteiger partial charge in [0.1, 0.15) is 5.76 Å². The lowest BCUT2D eigenvalue weighted by molar-refractivity contribution is -0.125. The summed E-state index contributed by atoms with van der Waals surface area (Å²) < 4.78 is 4.96. The topological polar surface area (TPSA) is 83.7 Å².